The molecule has 0 saturated carbocycles. The lowest BCUT2D eigenvalue weighted by Crippen LogP contribution is -2.40. The molecule has 1 aromatic carbocycles. The number of ether oxygens (including phenoxy) is 3. The summed E-state index contributed by atoms with van der Waals surface area (Å²) in [4.78, 5) is 14.6. The number of nitriles is 2. The van der Waals surface area contributed by atoms with Gasteiger partial charge in [0.15, 0.2) is 12.1 Å². The van der Waals surface area contributed by atoms with Crippen LogP contribution in [0.2, 0.25) is 5.02 Å². The third kappa shape index (κ3) is 14.0. The summed E-state index contributed by atoms with van der Waals surface area (Å²) in [5.41, 5.74) is 4.89. The van der Waals surface area contributed by atoms with E-state index in [2.05, 4.69) is 17.0 Å². The minimum atomic E-state index is -5.01. The molecule has 1 aliphatic rings. The van der Waals surface area contributed by atoms with Crippen molar-refractivity contribution in [1.82, 2.24) is 14.6 Å². The summed E-state index contributed by atoms with van der Waals surface area (Å²) in [6.45, 7) is 2.22. The number of halogens is 1. The smallest absolute Gasteiger partial charge is 0.386 e. The summed E-state index contributed by atoms with van der Waals surface area (Å²) in [6, 6.07) is 11.5. The number of aromatic nitrogens is 3. The highest BCUT2D eigenvalue weighted by atomic mass is 35.5. The zero-order chi connectivity index (χ0) is 41.1. The second-order valence-corrected chi connectivity index (χ2v) is 16.3. The zero-order valence-electron chi connectivity index (χ0n) is 32.8. The van der Waals surface area contributed by atoms with Gasteiger partial charge >= 0.3 is 7.82 Å². The summed E-state index contributed by atoms with van der Waals surface area (Å²) >= 11 is 6.34. The molecular formula is C40H58ClN6O9P. The Morgan fingerprint density at radius 2 is 1.60 bits per heavy atom. The van der Waals surface area contributed by atoms with Gasteiger partial charge < -0.3 is 35.1 Å². The van der Waals surface area contributed by atoms with E-state index in [1.807, 2.05) is 12.1 Å². The van der Waals surface area contributed by atoms with Gasteiger partial charge in [-0.05, 0) is 36.2 Å². The Bertz CT molecular complexity index is 1800. The van der Waals surface area contributed by atoms with Crippen LogP contribution < -0.4 is 5.73 Å². The van der Waals surface area contributed by atoms with Crippen LogP contribution in [0.3, 0.4) is 0 Å². The maximum absolute atomic E-state index is 13.2. The normalized spacial score (nSPS) is 21.0. The van der Waals surface area contributed by atoms with Crippen LogP contribution in [0.1, 0.15) is 126 Å². The molecule has 6 atom stereocenters. The van der Waals surface area contributed by atoms with Crippen LogP contribution in [0.25, 0.3) is 5.52 Å². The number of phosphoric ester groups is 1. The number of hydrogen-bond donors (Lipinski definition) is 4. The van der Waals surface area contributed by atoms with Gasteiger partial charge in [-0.2, -0.15) is 15.6 Å². The maximum Gasteiger partial charge on any atom is 0.474 e. The van der Waals surface area contributed by atoms with Crippen molar-refractivity contribution in [2.45, 2.75) is 146 Å². The molecule has 0 bridgehead atoms. The Kier molecular flexibility index (Phi) is 19.6. The van der Waals surface area contributed by atoms with E-state index in [4.69, 9.17) is 40.6 Å². The number of nitrogens with zero attached hydrogens (tertiary/aromatic N) is 5. The molecule has 0 spiro atoms. The first kappa shape index (κ1) is 46.5. The number of aliphatic hydroxyl groups is 2. The van der Waals surface area contributed by atoms with Crippen molar-refractivity contribution in [1.29, 1.82) is 10.5 Å². The molecule has 314 valence electrons. The maximum atomic E-state index is 13.2. The third-order valence-corrected chi connectivity index (χ3v) is 11.4. The van der Waals surface area contributed by atoms with Gasteiger partial charge in [0.2, 0.25) is 5.60 Å². The van der Waals surface area contributed by atoms with E-state index in [0.717, 1.165) is 25.6 Å². The Morgan fingerprint density at radius 1 is 0.965 bits per heavy atom. The molecule has 1 unspecified atom stereocenters. The average molecular weight is 833 g/mol. The van der Waals surface area contributed by atoms with Gasteiger partial charge in [0, 0.05) is 11.6 Å². The summed E-state index contributed by atoms with van der Waals surface area (Å²) < 4.78 is 42.3. The van der Waals surface area contributed by atoms with Crippen molar-refractivity contribution in [2.75, 3.05) is 25.6 Å². The van der Waals surface area contributed by atoms with Crippen LogP contribution in [0.4, 0.5) is 5.82 Å². The molecule has 15 nitrogen and oxygen atoms in total. The van der Waals surface area contributed by atoms with Crippen LogP contribution in [0.15, 0.2) is 36.7 Å². The van der Waals surface area contributed by atoms with E-state index < -0.39 is 44.6 Å². The average Bonchev–Trinajstić information content (AvgIpc) is 3.74. The highest BCUT2D eigenvalue weighted by Gasteiger charge is 2.59. The largest absolute Gasteiger partial charge is 0.474 e. The fourth-order valence-electron chi connectivity index (χ4n) is 6.78. The number of fused-ring (bicyclic) bond motifs is 1. The topological polar surface area (TPSA) is 228 Å². The molecule has 0 aliphatic carbocycles. The van der Waals surface area contributed by atoms with Crippen LogP contribution in [-0.2, 0) is 40.0 Å². The van der Waals surface area contributed by atoms with Gasteiger partial charge in [-0.3, -0.25) is 9.05 Å². The minimum absolute atomic E-state index is 0.0116. The monoisotopic (exact) mass is 832 g/mol. The highest BCUT2D eigenvalue weighted by Crippen LogP contribution is 2.50. The van der Waals surface area contributed by atoms with Crippen molar-refractivity contribution in [2.24, 2.45) is 0 Å². The van der Waals surface area contributed by atoms with Crippen LogP contribution in [0, 0.1) is 22.7 Å². The van der Waals surface area contributed by atoms with E-state index in [-0.39, 0.29) is 24.7 Å². The lowest BCUT2D eigenvalue weighted by atomic mass is 9.93. The Labute approximate surface area is 340 Å². The summed E-state index contributed by atoms with van der Waals surface area (Å²) in [7, 11) is -5.01. The zero-order valence-corrected chi connectivity index (χ0v) is 34.5. The molecule has 0 amide bonds. The molecule has 17 heteroatoms. The van der Waals surface area contributed by atoms with Crippen LogP contribution >= 0.6 is 19.4 Å². The molecule has 2 aromatic heterocycles. The number of phosphoric acid groups is 1. The van der Waals surface area contributed by atoms with Crippen molar-refractivity contribution in [3.8, 4) is 12.1 Å². The minimum Gasteiger partial charge on any atom is -0.386 e. The Hall–Kier alpha value is -3.18. The van der Waals surface area contributed by atoms with E-state index in [1.54, 1.807) is 12.1 Å². The van der Waals surface area contributed by atoms with Crippen molar-refractivity contribution in [3.63, 3.8) is 0 Å². The number of nitrogens with two attached hydrogens (primary N) is 1. The highest BCUT2D eigenvalue weighted by molar-refractivity contribution is 7.47. The van der Waals surface area contributed by atoms with E-state index >= 15 is 0 Å². The predicted octanol–water partition coefficient (Wildman–Crippen LogP) is 7.63. The SMILES string of the molecule is CCCCCCCCCCCCCCCCCCOC[C@H](COP(=O)(O)O[C@H]1O[C@@](C#N)(c2ccc3c(N)ncnn23)[C@H](O)[C@@H]1O)OCc1ccc(C#N)cc1Cl. The van der Waals surface area contributed by atoms with Gasteiger partial charge in [-0.15, -0.1) is 0 Å². The fourth-order valence-corrected chi connectivity index (χ4v) is 7.86. The van der Waals surface area contributed by atoms with Crippen molar-refractivity contribution >= 4 is 30.8 Å². The number of anilines is 1. The molecule has 0 radical (unpaired) electrons. The first-order valence-corrected chi connectivity index (χ1v) is 22.0. The number of nitrogen functional groups attached to an aromatic ring is 1. The number of aliphatic hydroxyl groups excluding tert-OH is 2. The van der Waals surface area contributed by atoms with Gasteiger partial charge in [-0.1, -0.05) is 121 Å². The molecular weight excluding hydrogens is 775 g/mol. The van der Waals surface area contributed by atoms with Crippen LogP contribution in [0.5, 0.6) is 0 Å². The number of rotatable bonds is 28. The van der Waals surface area contributed by atoms with E-state index in [9.17, 15) is 30.2 Å². The molecule has 3 aromatic rings. The quantitative estimate of drug-likeness (QED) is 0.0408. The van der Waals surface area contributed by atoms with Gasteiger partial charge in [-0.25, -0.2) is 14.1 Å². The Balaban J connectivity index is 1.22. The third-order valence-electron chi connectivity index (χ3n) is 10.1. The second-order valence-electron chi connectivity index (χ2n) is 14.5. The second kappa shape index (κ2) is 24.0. The molecule has 5 N–H and O–H groups in total. The van der Waals surface area contributed by atoms with Gasteiger partial charge in [0.1, 0.15) is 36.2 Å². The van der Waals surface area contributed by atoms with Crippen LogP contribution in [-0.4, -0.2) is 74.1 Å². The Morgan fingerprint density at radius 3 is 2.19 bits per heavy atom. The van der Waals surface area contributed by atoms with E-state index in [1.165, 1.54) is 106 Å². The predicted molar refractivity (Wildman–Crippen MR) is 214 cm³/mol. The molecule has 4 rings (SSSR count). The van der Waals surface area contributed by atoms with Crippen molar-refractivity contribution < 1.29 is 42.9 Å². The molecule has 3 heterocycles. The number of unbranched alkanes of at least 4 members (excludes halogenated alkanes) is 15. The standard InChI is InChI=1S/C40H58ClN6O9P/c1-2-3-4-5-6-7-8-9-10-11-12-13-14-15-16-17-22-52-26-32(53-25-31-19-18-30(24-42)23-33(31)41)27-54-57(50,51)56-39-36(48)37(49)40(28-43,55-39)35-21-20-34-38(44)45-29-46-47(34)35/h18-21,23,29,32,36-37,39,48-49H,2-17,22,25-27H2,1H3,(H,50,51)(H2,44,45,46)/t32-,36+,37-,39-,40+/m1/s1. The molecule has 1 saturated heterocycles. The van der Waals surface area contributed by atoms with Gasteiger partial charge in [0.25, 0.3) is 0 Å². The summed E-state index contributed by atoms with van der Waals surface area (Å²) in [5.74, 6) is 0.0886. The molecule has 1 fully saturated rings. The lowest BCUT2D eigenvalue weighted by Gasteiger charge is -2.24. The first-order chi connectivity index (χ1) is 27.5. The summed E-state index contributed by atoms with van der Waals surface area (Å²) in [6.07, 6.45) is 14.6. The van der Waals surface area contributed by atoms with Gasteiger partial charge in [0.05, 0.1) is 37.1 Å². The fraction of sp³-hybridized carbons (Fsp3) is 0.650. The molecule has 1 aliphatic heterocycles. The number of benzene rings is 1. The van der Waals surface area contributed by atoms with Crippen molar-refractivity contribution in [3.05, 3.63) is 58.5 Å². The first-order valence-electron chi connectivity index (χ1n) is 20.1. The lowest BCUT2D eigenvalue weighted by molar-refractivity contribution is -0.145. The summed E-state index contributed by atoms with van der Waals surface area (Å²) in [5, 5.41) is 45.5. The number of hydrogen-bond acceptors (Lipinski definition) is 13. The molecule has 57 heavy (non-hydrogen) atoms. The van der Waals surface area contributed by atoms with E-state index in [0.29, 0.717) is 28.3 Å².